The van der Waals surface area contributed by atoms with Gasteiger partial charge < -0.3 is 15.0 Å². The molecule has 4 rings (SSSR count). The molecule has 1 aromatic rings. The molecule has 0 unspecified atom stereocenters. The lowest BCUT2D eigenvalue weighted by Crippen LogP contribution is -2.47. The van der Waals surface area contributed by atoms with Gasteiger partial charge in [-0.25, -0.2) is 0 Å². The number of hydrogen-bond acceptors (Lipinski definition) is 4. The monoisotopic (exact) mass is 371 g/mol. The summed E-state index contributed by atoms with van der Waals surface area (Å²) >= 11 is 0. The Labute approximate surface area is 160 Å². The standard InChI is InChI=1S/C21H29N3O3/c25-19(13-16-5-1-2-6-16)24-11-8-21(9-12-24)14-17(15-27-21)23-20(26)18-7-3-4-10-22-18/h3-4,7,10,16-17H,1-2,5-6,8-9,11-15H2,(H,23,26)/t17-/m0/s1. The number of piperidine rings is 1. The minimum Gasteiger partial charge on any atom is -0.373 e. The summed E-state index contributed by atoms with van der Waals surface area (Å²) in [5.41, 5.74) is 0.248. The zero-order valence-electron chi connectivity index (χ0n) is 15.9. The number of nitrogens with one attached hydrogen (secondary N) is 1. The van der Waals surface area contributed by atoms with Gasteiger partial charge in [0.25, 0.3) is 5.91 Å². The highest BCUT2D eigenvalue weighted by molar-refractivity contribution is 5.92. The molecule has 2 saturated heterocycles. The Balaban J connectivity index is 1.25. The van der Waals surface area contributed by atoms with E-state index >= 15 is 0 Å². The third kappa shape index (κ3) is 4.32. The van der Waals surface area contributed by atoms with Crippen LogP contribution in [0, 0.1) is 5.92 Å². The topological polar surface area (TPSA) is 71.5 Å². The summed E-state index contributed by atoms with van der Waals surface area (Å²) in [7, 11) is 0. The molecule has 1 saturated carbocycles. The fourth-order valence-electron chi connectivity index (χ4n) is 4.80. The van der Waals surface area contributed by atoms with Crippen molar-refractivity contribution in [3.8, 4) is 0 Å². The Morgan fingerprint density at radius 1 is 1.22 bits per heavy atom. The predicted octanol–water partition coefficient (Wildman–Crippen LogP) is 2.54. The van der Waals surface area contributed by atoms with E-state index in [-0.39, 0.29) is 17.6 Å². The Bertz CT molecular complexity index is 665. The summed E-state index contributed by atoms with van der Waals surface area (Å²) in [5, 5.41) is 3.04. The smallest absolute Gasteiger partial charge is 0.270 e. The summed E-state index contributed by atoms with van der Waals surface area (Å²) in [6, 6.07) is 5.34. The van der Waals surface area contributed by atoms with Gasteiger partial charge in [0.2, 0.25) is 5.91 Å². The van der Waals surface area contributed by atoms with Crippen LogP contribution < -0.4 is 5.32 Å². The van der Waals surface area contributed by atoms with Gasteiger partial charge in [-0.1, -0.05) is 18.9 Å². The number of aromatic nitrogens is 1. The van der Waals surface area contributed by atoms with Gasteiger partial charge in [0.05, 0.1) is 18.2 Å². The third-order valence-corrected chi connectivity index (χ3v) is 6.41. The van der Waals surface area contributed by atoms with Crippen molar-refractivity contribution in [2.75, 3.05) is 19.7 Å². The molecular formula is C21H29N3O3. The van der Waals surface area contributed by atoms with E-state index in [1.165, 1.54) is 25.7 Å². The van der Waals surface area contributed by atoms with Crippen molar-refractivity contribution in [3.05, 3.63) is 30.1 Å². The third-order valence-electron chi connectivity index (χ3n) is 6.41. The second-order valence-corrected chi connectivity index (χ2v) is 8.32. The number of pyridine rings is 1. The van der Waals surface area contributed by atoms with Gasteiger partial charge in [-0.15, -0.1) is 0 Å². The van der Waals surface area contributed by atoms with Crippen molar-refractivity contribution in [3.63, 3.8) is 0 Å². The Kier molecular flexibility index (Phi) is 5.43. The van der Waals surface area contributed by atoms with E-state index in [2.05, 4.69) is 10.3 Å². The van der Waals surface area contributed by atoms with Crippen LogP contribution in [0.1, 0.15) is 61.9 Å². The summed E-state index contributed by atoms with van der Waals surface area (Å²) in [4.78, 5) is 31.0. The van der Waals surface area contributed by atoms with Crippen molar-refractivity contribution in [1.29, 1.82) is 0 Å². The van der Waals surface area contributed by atoms with Crippen molar-refractivity contribution >= 4 is 11.8 Å². The first kappa shape index (κ1) is 18.4. The van der Waals surface area contributed by atoms with Crippen molar-refractivity contribution < 1.29 is 14.3 Å². The highest BCUT2D eigenvalue weighted by Crippen LogP contribution is 2.36. The maximum Gasteiger partial charge on any atom is 0.270 e. The van der Waals surface area contributed by atoms with Crippen LogP contribution in [0.3, 0.4) is 0 Å². The average Bonchev–Trinajstić information content (AvgIpc) is 3.33. The van der Waals surface area contributed by atoms with Crippen LogP contribution in [0.25, 0.3) is 0 Å². The molecule has 3 aliphatic rings. The second-order valence-electron chi connectivity index (χ2n) is 8.32. The minimum absolute atomic E-state index is 0.0141. The van der Waals surface area contributed by atoms with Crippen LogP contribution in [0.2, 0.25) is 0 Å². The minimum atomic E-state index is -0.188. The lowest BCUT2D eigenvalue weighted by molar-refractivity contribution is -0.137. The van der Waals surface area contributed by atoms with Crippen LogP contribution >= 0.6 is 0 Å². The maximum absolute atomic E-state index is 12.5. The number of carbonyl (C=O) groups is 2. The molecule has 146 valence electrons. The highest BCUT2D eigenvalue weighted by Gasteiger charge is 2.44. The van der Waals surface area contributed by atoms with Crippen molar-refractivity contribution in [2.45, 2.75) is 63.0 Å². The molecule has 1 aliphatic carbocycles. The van der Waals surface area contributed by atoms with E-state index in [0.717, 1.165) is 38.8 Å². The molecule has 0 radical (unpaired) electrons. The van der Waals surface area contributed by atoms with Crippen molar-refractivity contribution in [1.82, 2.24) is 15.2 Å². The molecule has 27 heavy (non-hydrogen) atoms. The van der Waals surface area contributed by atoms with Gasteiger partial charge in [-0.05, 0) is 50.2 Å². The second kappa shape index (κ2) is 7.97. The predicted molar refractivity (Wildman–Crippen MR) is 101 cm³/mol. The molecule has 6 heteroatoms. The zero-order chi connectivity index (χ0) is 18.7. The summed E-state index contributed by atoms with van der Waals surface area (Å²) in [5.74, 6) is 0.766. The largest absolute Gasteiger partial charge is 0.373 e. The number of amides is 2. The quantitative estimate of drug-likeness (QED) is 0.883. The van der Waals surface area contributed by atoms with Gasteiger partial charge in [0.15, 0.2) is 0 Å². The highest BCUT2D eigenvalue weighted by atomic mass is 16.5. The van der Waals surface area contributed by atoms with E-state index in [1.54, 1.807) is 18.3 Å². The van der Waals surface area contributed by atoms with Gasteiger partial charge in [-0.3, -0.25) is 14.6 Å². The lowest BCUT2D eigenvalue weighted by Gasteiger charge is -2.39. The fraction of sp³-hybridized carbons (Fsp3) is 0.667. The lowest BCUT2D eigenvalue weighted by atomic mass is 9.87. The molecule has 1 aromatic heterocycles. The number of hydrogen-bond donors (Lipinski definition) is 1. The molecule has 2 amide bonds. The number of carbonyl (C=O) groups excluding carboxylic acids is 2. The van der Waals surface area contributed by atoms with Gasteiger partial charge in [0.1, 0.15) is 5.69 Å². The fourth-order valence-corrected chi connectivity index (χ4v) is 4.80. The molecular weight excluding hydrogens is 342 g/mol. The molecule has 6 nitrogen and oxygen atoms in total. The van der Waals surface area contributed by atoms with Crippen LogP contribution in [0.15, 0.2) is 24.4 Å². The van der Waals surface area contributed by atoms with Crippen LogP contribution in [-0.4, -0.2) is 53.0 Å². The maximum atomic E-state index is 12.5. The summed E-state index contributed by atoms with van der Waals surface area (Å²) in [6.45, 7) is 2.08. The van der Waals surface area contributed by atoms with Gasteiger partial charge >= 0.3 is 0 Å². The van der Waals surface area contributed by atoms with Crippen molar-refractivity contribution in [2.24, 2.45) is 5.92 Å². The number of ether oxygens (including phenoxy) is 1. The molecule has 3 fully saturated rings. The molecule has 0 aromatic carbocycles. The van der Waals surface area contributed by atoms with E-state index in [0.29, 0.717) is 24.1 Å². The van der Waals surface area contributed by atoms with E-state index in [1.807, 2.05) is 11.0 Å². The van der Waals surface area contributed by atoms with Gasteiger partial charge in [-0.2, -0.15) is 0 Å². The molecule has 2 aliphatic heterocycles. The Morgan fingerprint density at radius 3 is 2.70 bits per heavy atom. The molecule has 0 bridgehead atoms. The number of rotatable bonds is 4. The van der Waals surface area contributed by atoms with Crippen LogP contribution in [-0.2, 0) is 9.53 Å². The average molecular weight is 371 g/mol. The first-order valence-electron chi connectivity index (χ1n) is 10.3. The SMILES string of the molecule is O=C(N[C@@H]1COC2(CCN(C(=O)CC3CCCC3)CC2)C1)c1ccccn1. The number of likely N-dealkylation sites (tertiary alicyclic amines) is 1. The van der Waals surface area contributed by atoms with Gasteiger partial charge in [0, 0.05) is 25.7 Å². The number of nitrogens with zero attached hydrogens (tertiary/aromatic N) is 2. The molecule has 1 N–H and O–H groups in total. The summed E-state index contributed by atoms with van der Waals surface area (Å²) < 4.78 is 6.12. The van der Waals surface area contributed by atoms with Crippen LogP contribution in [0.4, 0.5) is 0 Å². The molecule has 1 spiro atoms. The van der Waals surface area contributed by atoms with E-state index in [9.17, 15) is 9.59 Å². The van der Waals surface area contributed by atoms with Crippen LogP contribution in [0.5, 0.6) is 0 Å². The van der Waals surface area contributed by atoms with E-state index < -0.39 is 0 Å². The zero-order valence-corrected chi connectivity index (χ0v) is 15.9. The van der Waals surface area contributed by atoms with E-state index in [4.69, 9.17) is 4.74 Å². The first-order chi connectivity index (χ1) is 13.1. The Hall–Kier alpha value is -1.95. The molecule has 1 atom stereocenters. The Morgan fingerprint density at radius 2 is 2.00 bits per heavy atom. The first-order valence-corrected chi connectivity index (χ1v) is 10.3. The normalized spacial score (nSPS) is 25.0. The molecule has 3 heterocycles. The summed E-state index contributed by atoms with van der Waals surface area (Å²) in [6.07, 6.45) is 9.86.